The highest BCUT2D eigenvalue weighted by Crippen LogP contribution is 2.70. The zero-order valence-corrected chi connectivity index (χ0v) is 32.4. The molecule has 1 heterocycles. The lowest BCUT2D eigenvalue weighted by Gasteiger charge is -2.65. The highest BCUT2D eigenvalue weighted by molar-refractivity contribution is 6.30. The van der Waals surface area contributed by atoms with Gasteiger partial charge in [-0.05, 0) is 134 Å². The second kappa shape index (κ2) is 13.4. The summed E-state index contributed by atoms with van der Waals surface area (Å²) in [4.78, 5) is 56.8. The van der Waals surface area contributed by atoms with Gasteiger partial charge in [-0.3, -0.25) is 24.2 Å². The van der Waals surface area contributed by atoms with Crippen LogP contribution in [0.4, 0.5) is 0 Å². The van der Waals surface area contributed by atoms with E-state index in [0.717, 1.165) is 43.4 Å². The third kappa shape index (κ3) is 6.13. The van der Waals surface area contributed by atoms with E-state index in [4.69, 9.17) is 11.6 Å². The van der Waals surface area contributed by atoms with Gasteiger partial charge in [0.15, 0.2) is 5.78 Å². The van der Waals surface area contributed by atoms with Crippen LogP contribution in [0, 0.1) is 75.4 Å². The molecule has 7 nitrogen and oxygen atoms in total. The third-order valence-corrected chi connectivity index (χ3v) is 16.3. The summed E-state index contributed by atoms with van der Waals surface area (Å²) >= 11 is 6.01. The third-order valence-electron chi connectivity index (χ3n) is 16.1. The number of halogens is 1. The zero-order chi connectivity index (χ0) is 36.6. The molecule has 0 radical (unpaired) electrons. The molecule has 0 bridgehead atoms. The van der Waals surface area contributed by atoms with E-state index in [-0.39, 0.29) is 57.4 Å². The van der Waals surface area contributed by atoms with Gasteiger partial charge in [-0.15, -0.1) is 0 Å². The number of nitrogens with one attached hydrogen (secondary N) is 1. The van der Waals surface area contributed by atoms with Crippen molar-refractivity contribution in [3.05, 3.63) is 40.2 Å². The Morgan fingerprint density at radius 3 is 2.43 bits per heavy atom. The molecule has 0 aromatic carbocycles. The fourth-order valence-corrected chi connectivity index (χ4v) is 13.6. The maximum atomic E-state index is 13.8. The number of aliphatic carboxylic acids is 1. The smallest absolute Gasteiger partial charge is 0.306 e. The quantitative estimate of drug-likeness (QED) is 0.264. The SMILES string of the molecule is CC(C)C1=C2C3CCC4C(CCC5C(C)(C)C(CC(=O)C6CC(C(=O)O)C6C)CCC45C)C3CCC2(CC(=O)NCc2ccc(Cl)cn2)CC1=O. The van der Waals surface area contributed by atoms with Crippen LogP contribution in [-0.2, 0) is 25.7 Å². The van der Waals surface area contributed by atoms with E-state index in [1.165, 1.54) is 24.8 Å². The van der Waals surface area contributed by atoms with Crippen LogP contribution in [0.15, 0.2) is 29.5 Å². The first-order valence-corrected chi connectivity index (χ1v) is 20.4. The number of aromatic nitrogens is 1. The Bertz CT molecular complexity index is 1620. The lowest BCUT2D eigenvalue weighted by atomic mass is 9.39. The van der Waals surface area contributed by atoms with Gasteiger partial charge in [0, 0.05) is 36.8 Å². The van der Waals surface area contributed by atoms with Crippen LogP contribution < -0.4 is 5.32 Å². The Morgan fingerprint density at radius 1 is 1.00 bits per heavy atom. The number of ketones is 2. The molecule has 5 fully saturated rings. The molecule has 8 heteroatoms. The van der Waals surface area contributed by atoms with Crippen molar-refractivity contribution >= 4 is 35.0 Å². The summed E-state index contributed by atoms with van der Waals surface area (Å²) in [6, 6.07) is 3.62. The van der Waals surface area contributed by atoms with Gasteiger partial charge in [0.1, 0.15) is 5.78 Å². The molecule has 278 valence electrons. The highest BCUT2D eigenvalue weighted by atomic mass is 35.5. The van der Waals surface area contributed by atoms with Crippen LogP contribution >= 0.6 is 11.6 Å². The van der Waals surface area contributed by atoms with Crippen molar-refractivity contribution < 1.29 is 24.3 Å². The number of allylic oxidation sites excluding steroid dienone is 2. The van der Waals surface area contributed by atoms with E-state index in [1.807, 2.05) is 13.0 Å². The van der Waals surface area contributed by atoms with Crippen molar-refractivity contribution in [1.82, 2.24) is 10.3 Å². The molecule has 7 rings (SSSR count). The van der Waals surface area contributed by atoms with E-state index in [2.05, 4.69) is 44.9 Å². The monoisotopic (exact) mass is 718 g/mol. The van der Waals surface area contributed by atoms with Crippen LogP contribution in [0.1, 0.15) is 124 Å². The Balaban J connectivity index is 1.07. The van der Waals surface area contributed by atoms with Crippen molar-refractivity contribution in [3.63, 3.8) is 0 Å². The first-order chi connectivity index (χ1) is 24.1. The van der Waals surface area contributed by atoms with Gasteiger partial charge in [0.25, 0.3) is 0 Å². The van der Waals surface area contributed by atoms with Crippen LogP contribution in [0.2, 0.25) is 5.02 Å². The minimum absolute atomic E-state index is 0.00634. The zero-order valence-electron chi connectivity index (χ0n) is 31.6. The maximum Gasteiger partial charge on any atom is 0.306 e. The molecule has 5 saturated carbocycles. The number of pyridine rings is 1. The van der Waals surface area contributed by atoms with Crippen molar-refractivity contribution in [2.24, 2.45) is 75.4 Å². The molecule has 6 aliphatic carbocycles. The second-order valence-electron chi connectivity index (χ2n) is 18.9. The summed E-state index contributed by atoms with van der Waals surface area (Å²) in [6.45, 7) is 14.0. The van der Waals surface area contributed by atoms with Crippen LogP contribution in [0.3, 0.4) is 0 Å². The van der Waals surface area contributed by atoms with Crippen molar-refractivity contribution in [3.8, 4) is 0 Å². The summed E-state index contributed by atoms with van der Waals surface area (Å²) in [6.07, 6.45) is 12.4. The second-order valence-corrected chi connectivity index (χ2v) is 19.4. The molecule has 1 aromatic heterocycles. The Hall–Kier alpha value is -2.54. The average Bonchev–Trinajstić information content (AvgIpc) is 3.36. The minimum Gasteiger partial charge on any atom is -0.481 e. The largest absolute Gasteiger partial charge is 0.481 e. The van der Waals surface area contributed by atoms with Crippen molar-refractivity contribution in [2.45, 2.75) is 125 Å². The highest BCUT2D eigenvalue weighted by Gasteiger charge is 2.63. The van der Waals surface area contributed by atoms with E-state index in [9.17, 15) is 24.3 Å². The van der Waals surface area contributed by atoms with Crippen LogP contribution in [0.25, 0.3) is 0 Å². The predicted molar refractivity (Wildman–Crippen MR) is 197 cm³/mol. The molecule has 2 N–H and O–H groups in total. The Morgan fingerprint density at radius 2 is 1.76 bits per heavy atom. The summed E-state index contributed by atoms with van der Waals surface area (Å²) in [7, 11) is 0. The van der Waals surface area contributed by atoms with E-state index >= 15 is 0 Å². The topological polar surface area (TPSA) is 113 Å². The average molecular weight is 719 g/mol. The van der Waals surface area contributed by atoms with Gasteiger partial charge in [0.05, 0.1) is 23.2 Å². The van der Waals surface area contributed by atoms with E-state index in [1.54, 1.807) is 12.3 Å². The number of amides is 1. The summed E-state index contributed by atoms with van der Waals surface area (Å²) in [5.74, 6) is 2.48. The van der Waals surface area contributed by atoms with Crippen molar-refractivity contribution in [2.75, 3.05) is 0 Å². The number of fused-ring (bicyclic) bond motifs is 7. The summed E-state index contributed by atoms with van der Waals surface area (Å²) < 4.78 is 0. The number of hydrogen-bond donors (Lipinski definition) is 2. The molecule has 0 aliphatic heterocycles. The number of carboxylic acid groups (broad SMARTS) is 1. The molecular weight excluding hydrogens is 660 g/mol. The fraction of sp³-hybridized carbons (Fsp3) is 0.744. The molecule has 11 unspecified atom stereocenters. The first-order valence-electron chi connectivity index (χ1n) is 20.0. The first kappa shape index (κ1) is 36.8. The number of carboxylic acids is 1. The van der Waals surface area contributed by atoms with Crippen LogP contribution in [0.5, 0.6) is 0 Å². The van der Waals surface area contributed by atoms with Gasteiger partial charge < -0.3 is 10.4 Å². The van der Waals surface area contributed by atoms with Gasteiger partial charge >= 0.3 is 5.97 Å². The number of carbonyl (C=O) groups is 4. The van der Waals surface area contributed by atoms with Gasteiger partial charge in [0.2, 0.25) is 5.91 Å². The minimum atomic E-state index is -0.764. The number of nitrogens with zero attached hydrogens (tertiary/aromatic N) is 1. The number of hydrogen-bond acceptors (Lipinski definition) is 5. The molecule has 0 spiro atoms. The molecule has 11 atom stereocenters. The van der Waals surface area contributed by atoms with Gasteiger partial charge in [-0.2, -0.15) is 0 Å². The predicted octanol–water partition coefficient (Wildman–Crippen LogP) is 8.87. The summed E-state index contributed by atoms with van der Waals surface area (Å²) in [5.41, 5.74) is 3.03. The van der Waals surface area contributed by atoms with E-state index in [0.29, 0.717) is 72.8 Å². The summed E-state index contributed by atoms with van der Waals surface area (Å²) in [5, 5.41) is 13.2. The van der Waals surface area contributed by atoms with Gasteiger partial charge in [-0.25, -0.2) is 0 Å². The normalized spacial score (nSPS) is 39.7. The number of Topliss-reactive ketones (excluding diaryl/α,β-unsaturated/α-hetero) is 2. The number of carbonyl (C=O) groups excluding carboxylic acids is 3. The molecule has 51 heavy (non-hydrogen) atoms. The molecule has 6 aliphatic rings. The van der Waals surface area contributed by atoms with Crippen LogP contribution in [-0.4, -0.2) is 33.5 Å². The van der Waals surface area contributed by atoms with Gasteiger partial charge in [-0.1, -0.05) is 58.7 Å². The fourth-order valence-electron chi connectivity index (χ4n) is 13.5. The lowest BCUT2D eigenvalue weighted by molar-refractivity contribution is -0.163. The lowest BCUT2D eigenvalue weighted by Crippen LogP contribution is -2.58. The van der Waals surface area contributed by atoms with E-state index < -0.39 is 5.97 Å². The molecular formula is C43H59ClN2O5. The number of rotatable bonds is 9. The Labute approximate surface area is 309 Å². The van der Waals surface area contributed by atoms with Crippen molar-refractivity contribution in [1.29, 1.82) is 0 Å². The molecule has 1 amide bonds. The molecule has 0 saturated heterocycles. The Kier molecular flexibility index (Phi) is 9.66. The molecule has 1 aromatic rings. The standard InChI is InChI=1S/C43H59ClN2O5/c1-23(2)38-35(48)19-43(20-37(49)46-22-27-8-7-26(44)21-45-27)16-14-28-29-10-12-36-41(4,5)25(17-34(47)31-18-32(24(31)3)40(50)51)13-15-42(36,6)33(29)11-9-30(28)39(38)43/h7-8,21,23-25,28-33,36H,9-20,22H2,1-6H3,(H,46,49)(H,50,51). The maximum absolute atomic E-state index is 13.8.